The van der Waals surface area contributed by atoms with Crippen LogP contribution in [0.25, 0.3) is 0 Å². The predicted octanol–water partition coefficient (Wildman–Crippen LogP) is 4.24. The van der Waals surface area contributed by atoms with Crippen LogP contribution < -0.4 is 0 Å². The van der Waals surface area contributed by atoms with E-state index in [0.29, 0.717) is 0 Å². The first-order valence-electron chi connectivity index (χ1n) is 5.17. The van der Waals surface area contributed by atoms with E-state index in [0.717, 1.165) is 12.1 Å². The molecule has 0 amide bonds. The van der Waals surface area contributed by atoms with Gasteiger partial charge in [-0.05, 0) is 40.3 Å². The summed E-state index contributed by atoms with van der Waals surface area (Å²) in [5.41, 5.74) is 2.33. The molecular formula is C14H12IN. The van der Waals surface area contributed by atoms with Crippen LogP contribution in [0.2, 0.25) is 0 Å². The molecule has 2 aromatic rings. The zero-order valence-electron chi connectivity index (χ0n) is 8.81. The Morgan fingerprint density at radius 1 is 0.938 bits per heavy atom. The Balaban J connectivity index is 2.03. The van der Waals surface area contributed by atoms with Gasteiger partial charge in [0.1, 0.15) is 0 Å². The zero-order chi connectivity index (χ0) is 11.2. The van der Waals surface area contributed by atoms with Gasteiger partial charge in [-0.25, -0.2) is 0 Å². The van der Waals surface area contributed by atoms with Crippen molar-refractivity contribution in [3.63, 3.8) is 0 Å². The van der Waals surface area contributed by atoms with Gasteiger partial charge in [-0.2, -0.15) is 0 Å². The van der Waals surface area contributed by atoms with E-state index in [1.54, 1.807) is 0 Å². The second-order valence-electron chi connectivity index (χ2n) is 3.45. The minimum Gasteiger partial charge on any atom is -0.260 e. The van der Waals surface area contributed by atoms with Gasteiger partial charge in [0, 0.05) is 16.2 Å². The Kier molecular flexibility index (Phi) is 4.10. The van der Waals surface area contributed by atoms with Crippen molar-refractivity contribution in [1.29, 1.82) is 0 Å². The fraction of sp³-hybridized carbons (Fsp3) is 0.0714. The summed E-state index contributed by atoms with van der Waals surface area (Å²) in [7, 11) is 0. The molecule has 0 saturated carbocycles. The van der Waals surface area contributed by atoms with Crippen molar-refractivity contribution in [2.24, 2.45) is 4.99 Å². The van der Waals surface area contributed by atoms with E-state index in [4.69, 9.17) is 0 Å². The SMILES string of the molecule is Ic1ccccc1N=CCc1ccccc1. The van der Waals surface area contributed by atoms with Crippen LogP contribution in [-0.4, -0.2) is 6.21 Å². The fourth-order valence-electron chi connectivity index (χ4n) is 1.42. The summed E-state index contributed by atoms with van der Waals surface area (Å²) in [5, 5.41) is 0. The fourth-order valence-corrected chi connectivity index (χ4v) is 1.95. The van der Waals surface area contributed by atoms with Crippen molar-refractivity contribution in [3.05, 3.63) is 63.7 Å². The number of halogens is 1. The molecule has 2 rings (SSSR count). The van der Waals surface area contributed by atoms with E-state index in [-0.39, 0.29) is 0 Å². The maximum absolute atomic E-state index is 4.47. The maximum atomic E-state index is 4.47. The quantitative estimate of drug-likeness (QED) is 0.592. The van der Waals surface area contributed by atoms with Gasteiger partial charge in [0.15, 0.2) is 0 Å². The third-order valence-electron chi connectivity index (χ3n) is 2.25. The Hall–Kier alpha value is -1.16. The lowest BCUT2D eigenvalue weighted by Gasteiger charge is -1.97. The summed E-state index contributed by atoms with van der Waals surface area (Å²) < 4.78 is 1.18. The van der Waals surface area contributed by atoms with E-state index in [1.807, 2.05) is 30.5 Å². The molecule has 0 unspecified atom stereocenters. The minimum absolute atomic E-state index is 0.881. The van der Waals surface area contributed by atoms with Crippen molar-refractivity contribution in [1.82, 2.24) is 0 Å². The van der Waals surface area contributed by atoms with E-state index < -0.39 is 0 Å². The largest absolute Gasteiger partial charge is 0.260 e. The molecule has 0 aliphatic rings. The second-order valence-corrected chi connectivity index (χ2v) is 4.61. The number of nitrogens with zero attached hydrogens (tertiary/aromatic N) is 1. The first-order chi connectivity index (χ1) is 7.86. The molecule has 0 heterocycles. The highest BCUT2D eigenvalue weighted by Crippen LogP contribution is 2.19. The number of hydrogen-bond acceptors (Lipinski definition) is 1. The smallest absolute Gasteiger partial charge is 0.0759 e. The number of hydrogen-bond donors (Lipinski definition) is 0. The number of rotatable bonds is 3. The van der Waals surface area contributed by atoms with Crippen molar-refractivity contribution >= 4 is 34.5 Å². The number of benzene rings is 2. The van der Waals surface area contributed by atoms with Gasteiger partial charge in [0.25, 0.3) is 0 Å². The summed E-state index contributed by atoms with van der Waals surface area (Å²) in [6, 6.07) is 18.5. The first-order valence-corrected chi connectivity index (χ1v) is 6.25. The lowest BCUT2D eigenvalue weighted by molar-refractivity contribution is 1.34. The molecule has 2 aromatic carbocycles. The van der Waals surface area contributed by atoms with Crippen LogP contribution in [0.5, 0.6) is 0 Å². The molecule has 80 valence electrons. The molecule has 0 aliphatic carbocycles. The third kappa shape index (κ3) is 3.17. The third-order valence-corrected chi connectivity index (χ3v) is 3.16. The van der Waals surface area contributed by atoms with Gasteiger partial charge in [0.2, 0.25) is 0 Å². The van der Waals surface area contributed by atoms with Crippen molar-refractivity contribution in [2.45, 2.75) is 6.42 Å². The first kappa shape index (κ1) is 11.3. The van der Waals surface area contributed by atoms with E-state index >= 15 is 0 Å². The van der Waals surface area contributed by atoms with Crippen LogP contribution in [0.3, 0.4) is 0 Å². The lowest BCUT2D eigenvalue weighted by atomic mass is 10.2. The van der Waals surface area contributed by atoms with Crippen molar-refractivity contribution in [3.8, 4) is 0 Å². The van der Waals surface area contributed by atoms with Crippen molar-refractivity contribution < 1.29 is 0 Å². The average Bonchev–Trinajstić information content (AvgIpc) is 2.33. The molecule has 0 fully saturated rings. The van der Waals surface area contributed by atoms with Crippen LogP contribution in [0, 0.1) is 3.57 Å². The summed E-state index contributed by atoms with van der Waals surface area (Å²) in [4.78, 5) is 4.47. The summed E-state index contributed by atoms with van der Waals surface area (Å²) in [5.74, 6) is 0. The Morgan fingerprint density at radius 2 is 1.62 bits per heavy atom. The Bertz CT molecular complexity index is 477. The van der Waals surface area contributed by atoms with Gasteiger partial charge in [0.05, 0.1) is 5.69 Å². The predicted molar refractivity (Wildman–Crippen MR) is 77.5 cm³/mol. The molecule has 0 saturated heterocycles. The molecule has 16 heavy (non-hydrogen) atoms. The topological polar surface area (TPSA) is 12.4 Å². The summed E-state index contributed by atoms with van der Waals surface area (Å²) in [6.07, 6.45) is 2.85. The number of aliphatic imine (C=N–C) groups is 1. The monoisotopic (exact) mass is 321 g/mol. The molecule has 0 radical (unpaired) electrons. The van der Waals surface area contributed by atoms with Crippen LogP contribution in [-0.2, 0) is 6.42 Å². The van der Waals surface area contributed by atoms with Gasteiger partial charge in [-0.15, -0.1) is 0 Å². The Labute approximate surface area is 109 Å². The molecule has 1 nitrogen and oxygen atoms in total. The van der Waals surface area contributed by atoms with Crippen LogP contribution in [0.4, 0.5) is 5.69 Å². The van der Waals surface area contributed by atoms with Crippen LogP contribution in [0.1, 0.15) is 5.56 Å². The molecule has 0 aliphatic heterocycles. The van der Waals surface area contributed by atoms with Crippen LogP contribution in [0.15, 0.2) is 59.6 Å². The minimum atomic E-state index is 0.881. The zero-order valence-corrected chi connectivity index (χ0v) is 11.0. The standard InChI is InChI=1S/C14H12IN/c15-13-8-4-5-9-14(13)16-11-10-12-6-2-1-3-7-12/h1-9,11H,10H2. The average molecular weight is 321 g/mol. The van der Waals surface area contributed by atoms with E-state index in [2.05, 4.69) is 57.9 Å². The molecule has 0 N–H and O–H groups in total. The van der Waals surface area contributed by atoms with E-state index in [1.165, 1.54) is 9.13 Å². The summed E-state index contributed by atoms with van der Waals surface area (Å²) in [6.45, 7) is 0. The van der Waals surface area contributed by atoms with Gasteiger partial charge < -0.3 is 0 Å². The molecule has 0 bridgehead atoms. The van der Waals surface area contributed by atoms with Gasteiger partial charge in [-0.1, -0.05) is 42.5 Å². The van der Waals surface area contributed by atoms with Crippen LogP contribution >= 0.6 is 22.6 Å². The normalized spacial score (nSPS) is 10.8. The summed E-state index contributed by atoms with van der Waals surface area (Å²) >= 11 is 2.30. The number of para-hydroxylation sites is 1. The molecule has 0 aromatic heterocycles. The highest BCUT2D eigenvalue weighted by molar-refractivity contribution is 14.1. The highest BCUT2D eigenvalue weighted by atomic mass is 127. The molecular weight excluding hydrogens is 309 g/mol. The van der Waals surface area contributed by atoms with Gasteiger partial charge in [-0.3, -0.25) is 4.99 Å². The molecule has 0 spiro atoms. The molecule has 0 atom stereocenters. The highest BCUT2D eigenvalue weighted by Gasteiger charge is 1.93. The van der Waals surface area contributed by atoms with Gasteiger partial charge >= 0.3 is 0 Å². The van der Waals surface area contributed by atoms with E-state index in [9.17, 15) is 0 Å². The van der Waals surface area contributed by atoms with Crippen molar-refractivity contribution in [2.75, 3.05) is 0 Å². The second kappa shape index (κ2) is 5.80. The Morgan fingerprint density at radius 3 is 2.38 bits per heavy atom. The maximum Gasteiger partial charge on any atom is 0.0759 e. The lowest BCUT2D eigenvalue weighted by Crippen LogP contribution is -1.84. The molecule has 2 heteroatoms.